The topological polar surface area (TPSA) is 68.0 Å². The Balaban J connectivity index is 2.80. The lowest BCUT2D eigenvalue weighted by molar-refractivity contribution is 0.0689. The minimum atomic E-state index is -0.985. The van der Waals surface area contributed by atoms with Gasteiger partial charge in [-0.2, -0.15) is 0 Å². The van der Waals surface area contributed by atoms with E-state index in [-0.39, 0.29) is 5.69 Å². The van der Waals surface area contributed by atoms with Crippen molar-refractivity contribution in [1.29, 1.82) is 0 Å². The number of hydrogen-bond acceptors (Lipinski definition) is 3. The van der Waals surface area contributed by atoms with E-state index in [1.165, 1.54) is 0 Å². The highest BCUT2D eigenvalue weighted by Gasteiger charge is 2.19. The Hall–Kier alpha value is -1.39. The molecule has 18 heavy (non-hydrogen) atoms. The normalized spacial score (nSPS) is 11.4. The molecule has 1 heterocycles. The van der Waals surface area contributed by atoms with Crippen LogP contribution in [0.15, 0.2) is 0 Å². The molecule has 1 aromatic heterocycles. The smallest absolute Gasteiger partial charge is 0.358 e. The summed E-state index contributed by atoms with van der Waals surface area (Å²) >= 11 is 0. The SMILES string of the molecule is CC(C)CCCn1nnc(C(=O)O)c1CC(C)C. The van der Waals surface area contributed by atoms with Crippen LogP contribution in [0, 0.1) is 11.8 Å². The van der Waals surface area contributed by atoms with Gasteiger partial charge in [0, 0.05) is 6.54 Å². The largest absolute Gasteiger partial charge is 0.476 e. The molecule has 0 saturated carbocycles. The molecule has 0 aliphatic carbocycles. The van der Waals surface area contributed by atoms with E-state index in [1.807, 2.05) is 0 Å². The monoisotopic (exact) mass is 253 g/mol. The minimum Gasteiger partial charge on any atom is -0.476 e. The molecule has 0 radical (unpaired) electrons. The standard InChI is InChI=1S/C13H23N3O2/c1-9(2)6-5-7-16-11(8-10(3)4)12(13(17)18)14-15-16/h9-10H,5-8H2,1-4H3,(H,17,18). The lowest BCUT2D eigenvalue weighted by atomic mass is 10.1. The van der Waals surface area contributed by atoms with Crippen molar-refractivity contribution in [2.45, 2.75) is 53.5 Å². The van der Waals surface area contributed by atoms with Crippen molar-refractivity contribution in [2.24, 2.45) is 11.8 Å². The molecule has 0 aromatic carbocycles. The summed E-state index contributed by atoms with van der Waals surface area (Å²) in [7, 11) is 0. The zero-order valence-electron chi connectivity index (χ0n) is 11.7. The van der Waals surface area contributed by atoms with Crippen LogP contribution < -0.4 is 0 Å². The van der Waals surface area contributed by atoms with E-state index in [9.17, 15) is 4.79 Å². The van der Waals surface area contributed by atoms with Crippen LogP contribution in [0.25, 0.3) is 0 Å². The number of aromatic nitrogens is 3. The molecule has 5 heteroatoms. The van der Waals surface area contributed by atoms with Gasteiger partial charge in [0.2, 0.25) is 0 Å². The molecular weight excluding hydrogens is 230 g/mol. The molecule has 0 unspecified atom stereocenters. The molecule has 0 aliphatic rings. The van der Waals surface area contributed by atoms with E-state index < -0.39 is 5.97 Å². The van der Waals surface area contributed by atoms with Crippen molar-refractivity contribution in [3.63, 3.8) is 0 Å². The van der Waals surface area contributed by atoms with Gasteiger partial charge in [0.25, 0.3) is 0 Å². The van der Waals surface area contributed by atoms with Crippen molar-refractivity contribution in [1.82, 2.24) is 15.0 Å². The second-order valence-corrected chi connectivity index (χ2v) is 5.55. The van der Waals surface area contributed by atoms with Gasteiger partial charge in [-0.05, 0) is 31.1 Å². The van der Waals surface area contributed by atoms with Crippen molar-refractivity contribution in [2.75, 3.05) is 0 Å². The Morgan fingerprint density at radius 3 is 2.44 bits per heavy atom. The maximum absolute atomic E-state index is 11.1. The zero-order chi connectivity index (χ0) is 13.7. The van der Waals surface area contributed by atoms with Crippen molar-refractivity contribution in [3.05, 3.63) is 11.4 Å². The number of aryl methyl sites for hydroxylation is 1. The maximum Gasteiger partial charge on any atom is 0.358 e. The molecule has 1 aromatic rings. The average molecular weight is 253 g/mol. The average Bonchev–Trinajstić information content (AvgIpc) is 2.60. The van der Waals surface area contributed by atoms with Crippen molar-refractivity contribution in [3.8, 4) is 0 Å². The molecule has 0 amide bonds. The first-order chi connectivity index (χ1) is 8.41. The van der Waals surface area contributed by atoms with Gasteiger partial charge in [-0.3, -0.25) is 0 Å². The number of carbonyl (C=O) groups is 1. The number of rotatable bonds is 7. The number of hydrogen-bond donors (Lipinski definition) is 1. The summed E-state index contributed by atoms with van der Waals surface area (Å²) in [6.45, 7) is 9.24. The number of carboxylic acid groups (broad SMARTS) is 1. The summed E-state index contributed by atoms with van der Waals surface area (Å²) in [4.78, 5) is 11.1. The first kappa shape index (κ1) is 14.7. The number of aromatic carboxylic acids is 1. The Labute approximate surface area is 108 Å². The molecular formula is C13H23N3O2. The summed E-state index contributed by atoms with van der Waals surface area (Å²) < 4.78 is 1.76. The van der Waals surface area contributed by atoms with Crippen LogP contribution in [0.3, 0.4) is 0 Å². The van der Waals surface area contributed by atoms with Crippen LogP contribution >= 0.6 is 0 Å². The van der Waals surface area contributed by atoms with Crippen molar-refractivity contribution < 1.29 is 9.90 Å². The van der Waals surface area contributed by atoms with Crippen LogP contribution in [0.5, 0.6) is 0 Å². The summed E-state index contributed by atoms with van der Waals surface area (Å²) in [6, 6.07) is 0. The second kappa shape index (κ2) is 6.52. The molecule has 0 saturated heterocycles. The van der Waals surface area contributed by atoms with Gasteiger partial charge in [-0.15, -0.1) is 5.10 Å². The molecule has 0 atom stereocenters. The van der Waals surface area contributed by atoms with Crippen molar-refractivity contribution >= 4 is 5.97 Å². The number of nitrogens with zero attached hydrogens (tertiary/aromatic N) is 3. The predicted octanol–water partition coefficient (Wildman–Crippen LogP) is 2.61. The lowest BCUT2D eigenvalue weighted by Crippen LogP contribution is -2.11. The first-order valence-corrected chi connectivity index (χ1v) is 6.57. The Morgan fingerprint density at radius 2 is 1.94 bits per heavy atom. The third-order valence-corrected chi connectivity index (χ3v) is 2.79. The van der Waals surface area contributed by atoms with Crippen LogP contribution in [0.1, 0.15) is 56.7 Å². The van der Waals surface area contributed by atoms with E-state index >= 15 is 0 Å². The summed E-state index contributed by atoms with van der Waals surface area (Å²) in [5, 5.41) is 16.8. The highest BCUT2D eigenvalue weighted by Crippen LogP contribution is 2.14. The van der Waals surface area contributed by atoms with Gasteiger partial charge < -0.3 is 5.11 Å². The van der Waals surface area contributed by atoms with Gasteiger partial charge in [-0.1, -0.05) is 32.9 Å². The fourth-order valence-corrected chi connectivity index (χ4v) is 1.92. The molecule has 5 nitrogen and oxygen atoms in total. The van der Waals surface area contributed by atoms with Gasteiger partial charge >= 0.3 is 5.97 Å². The molecule has 0 fully saturated rings. The predicted molar refractivity (Wildman–Crippen MR) is 69.6 cm³/mol. The van der Waals surface area contributed by atoms with Crippen LogP contribution in [0.4, 0.5) is 0 Å². The Kier molecular flexibility index (Phi) is 5.31. The summed E-state index contributed by atoms with van der Waals surface area (Å²) in [5.41, 5.74) is 0.856. The van der Waals surface area contributed by atoms with Crippen LogP contribution in [-0.2, 0) is 13.0 Å². The fraction of sp³-hybridized carbons (Fsp3) is 0.769. The maximum atomic E-state index is 11.1. The van der Waals surface area contributed by atoms with Gasteiger partial charge in [0.15, 0.2) is 5.69 Å². The third-order valence-electron chi connectivity index (χ3n) is 2.79. The molecule has 1 rings (SSSR count). The van der Waals surface area contributed by atoms with E-state index in [1.54, 1.807) is 4.68 Å². The molecule has 102 valence electrons. The Bertz CT molecular complexity index is 397. The van der Waals surface area contributed by atoms with E-state index in [0.717, 1.165) is 25.1 Å². The van der Waals surface area contributed by atoms with E-state index in [4.69, 9.17) is 5.11 Å². The molecule has 1 N–H and O–H groups in total. The highest BCUT2D eigenvalue weighted by atomic mass is 16.4. The van der Waals surface area contributed by atoms with E-state index in [2.05, 4.69) is 38.0 Å². The van der Waals surface area contributed by atoms with Gasteiger partial charge in [0.05, 0.1) is 5.69 Å². The zero-order valence-corrected chi connectivity index (χ0v) is 11.7. The van der Waals surface area contributed by atoms with Gasteiger partial charge in [-0.25, -0.2) is 9.48 Å². The van der Waals surface area contributed by atoms with Gasteiger partial charge in [0.1, 0.15) is 0 Å². The minimum absolute atomic E-state index is 0.105. The van der Waals surface area contributed by atoms with E-state index in [0.29, 0.717) is 18.3 Å². The summed E-state index contributed by atoms with van der Waals surface area (Å²) in [6.07, 6.45) is 2.82. The molecule has 0 bridgehead atoms. The highest BCUT2D eigenvalue weighted by molar-refractivity contribution is 5.86. The fourth-order valence-electron chi connectivity index (χ4n) is 1.92. The quantitative estimate of drug-likeness (QED) is 0.811. The molecule has 0 spiro atoms. The van der Waals surface area contributed by atoms with Crippen LogP contribution in [0.2, 0.25) is 0 Å². The molecule has 0 aliphatic heterocycles. The summed E-state index contributed by atoms with van der Waals surface area (Å²) in [5.74, 6) is 0.0622. The number of carboxylic acids is 1. The van der Waals surface area contributed by atoms with Crippen LogP contribution in [-0.4, -0.2) is 26.1 Å². The Morgan fingerprint density at radius 1 is 1.28 bits per heavy atom. The first-order valence-electron chi connectivity index (χ1n) is 6.57. The second-order valence-electron chi connectivity index (χ2n) is 5.55. The third kappa shape index (κ3) is 4.13. The lowest BCUT2D eigenvalue weighted by Gasteiger charge is -2.10.